The number of rotatable bonds is 3. The SMILES string of the molecule is O=C(Nc1ccc2nsnc2c1)c1ccccc1N1CCOCC1. The molecule has 0 radical (unpaired) electrons. The summed E-state index contributed by atoms with van der Waals surface area (Å²) in [4.78, 5) is 14.9. The predicted molar refractivity (Wildman–Crippen MR) is 94.8 cm³/mol. The summed E-state index contributed by atoms with van der Waals surface area (Å²) in [6, 6.07) is 13.2. The number of nitrogens with zero attached hydrogens (tertiary/aromatic N) is 3. The molecular formula is C17H16N4O2S. The lowest BCUT2D eigenvalue weighted by Crippen LogP contribution is -2.37. The summed E-state index contributed by atoms with van der Waals surface area (Å²) in [5.74, 6) is -0.125. The van der Waals surface area contributed by atoms with Gasteiger partial charge in [-0.3, -0.25) is 4.79 Å². The van der Waals surface area contributed by atoms with Crippen molar-refractivity contribution >= 4 is 40.0 Å². The molecule has 0 spiro atoms. The van der Waals surface area contributed by atoms with Crippen LogP contribution in [0.5, 0.6) is 0 Å². The highest BCUT2D eigenvalue weighted by Gasteiger charge is 2.18. The lowest BCUT2D eigenvalue weighted by atomic mass is 10.1. The molecule has 0 bridgehead atoms. The van der Waals surface area contributed by atoms with Gasteiger partial charge in [0.15, 0.2) is 0 Å². The number of amides is 1. The molecule has 1 saturated heterocycles. The number of hydrogen-bond acceptors (Lipinski definition) is 6. The summed E-state index contributed by atoms with van der Waals surface area (Å²) in [6.45, 7) is 2.95. The number of benzene rings is 2. The second-order valence-electron chi connectivity index (χ2n) is 5.54. The Morgan fingerprint density at radius 1 is 1.08 bits per heavy atom. The molecule has 1 amide bonds. The van der Waals surface area contributed by atoms with E-state index in [9.17, 15) is 4.79 Å². The normalized spacial score (nSPS) is 14.8. The molecule has 3 aromatic rings. The monoisotopic (exact) mass is 340 g/mol. The molecule has 6 nitrogen and oxygen atoms in total. The van der Waals surface area contributed by atoms with Crippen LogP contribution in [-0.4, -0.2) is 41.0 Å². The van der Waals surface area contributed by atoms with Gasteiger partial charge in [-0.1, -0.05) is 12.1 Å². The highest BCUT2D eigenvalue weighted by atomic mass is 32.1. The maximum Gasteiger partial charge on any atom is 0.257 e. The lowest BCUT2D eigenvalue weighted by molar-refractivity contribution is 0.102. The first-order valence-electron chi connectivity index (χ1n) is 7.77. The number of aromatic nitrogens is 2. The van der Waals surface area contributed by atoms with Crippen molar-refractivity contribution in [3.8, 4) is 0 Å². The van der Waals surface area contributed by atoms with Gasteiger partial charge in [0.25, 0.3) is 5.91 Å². The Balaban J connectivity index is 1.59. The van der Waals surface area contributed by atoms with E-state index in [-0.39, 0.29) is 5.91 Å². The van der Waals surface area contributed by atoms with Crippen molar-refractivity contribution in [3.05, 3.63) is 48.0 Å². The van der Waals surface area contributed by atoms with Crippen LogP contribution >= 0.6 is 11.7 Å². The Kier molecular flexibility index (Phi) is 4.10. The Labute approximate surface area is 143 Å². The first-order chi connectivity index (χ1) is 11.8. The molecule has 1 fully saturated rings. The standard InChI is InChI=1S/C17H16N4O2S/c22-17(18-12-5-6-14-15(11-12)20-24-19-14)13-3-1-2-4-16(13)21-7-9-23-10-8-21/h1-6,11H,7-10H2,(H,18,22). The number of ether oxygens (including phenoxy) is 1. The Morgan fingerprint density at radius 3 is 2.75 bits per heavy atom. The molecule has 1 aromatic heterocycles. The van der Waals surface area contributed by atoms with E-state index in [1.165, 1.54) is 11.7 Å². The first kappa shape index (κ1) is 15.0. The largest absolute Gasteiger partial charge is 0.378 e. The minimum Gasteiger partial charge on any atom is -0.378 e. The summed E-state index contributed by atoms with van der Waals surface area (Å²) >= 11 is 1.17. The van der Waals surface area contributed by atoms with Gasteiger partial charge in [-0.2, -0.15) is 8.75 Å². The molecule has 24 heavy (non-hydrogen) atoms. The van der Waals surface area contributed by atoms with Gasteiger partial charge in [0.05, 0.1) is 30.5 Å². The Hall–Kier alpha value is -2.51. The van der Waals surface area contributed by atoms with Gasteiger partial charge in [0.1, 0.15) is 11.0 Å². The fraction of sp³-hybridized carbons (Fsp3) is 0.235. The van der Waals surface area contributed by atoms with Gasteiger partial charge in [0.2, 0.25) is 0 Å². The average molecular weight is 340 g/mol. The number of fused-ring (bicyclic) bond motifs is 1. The fourth-order valence-electron chi connectivity index (χ4n) is 2.80. The van der Waals surface area contributed by atoms with E-state index in [2.05, 4.69) is 19.0 Å². The molecule has 7 heteroatoms. The molecule has 0 aliphatic carbocycles. The first-order valence-corrected chi connectivity index (χ1v) is 8.50. The van der Waals surface area contributed by atoms with Gasteiger partial charge in [-0.15, -0.1) is 0 Å². The summed E-state index contributed by atoms with van der Waals surface area (Å²) in [7, 11) is 0. The summed E-state index contributed by atoms with van der Waals surface area (Å²) in [5, 5.41) is 2.96. The zero-order valence-electron chi connectivity index (χ0n) is 12.9. The minimum atomic E-state index is -0.125. The van der Waals surface area contributed by atoms with E-state index in [0.29, 0.717) is 18.8 Å². The number of anilines is 2. The van der Waals surface area contributed by atoms with Crippen molar-refractivity contribution in [1.29, 1.82) is 0 Å². The van der Waals surface area contributed by atoms with E-state index in [0.717, 1.165) is 35.5 Å². The quantitative estimate of drug-likeness (QED) is 0.794. The minimum absolute atomic E-state index is 0.125. The molecule has 2 heterocycles. The molecule has 1 N–H and O–H groups in total. The maximum absolute atomic E-state index is 12.7. The highest BCUT2D eigenvalue weighted by molar-refractivity contribution is 7.00. The Bertz CT molecular complexity index is 874. The van der Waals surface area contributed by atoms with E-state index >= 15 is 0 Å². The van der Waals surface area contributed by atoms with Gasteiger partial charge in [-0.05, 0) is 30.3 Å². The molecule has 0 saturated carbocycles. The van der Waals surface area contributed by atoms with Crippen molar-refractivity contribution in [2.24, 2.45) is 0 Å². The van der Waals surface area contributed by atoms with Crippen molar-refractivity contribution in [2.75, 3.05) is 36.5 Å². The second kappa shape index (κ2) is 6.54. The fourth-order valence-corrected chi connectivity index (χ4v) is 3.32. The van der Waals surface area contributed by atoms with Crippen LogP contribution in [0.15, 0.2) is 42.5 Å². The number of nitrogens with one attached hydrogen (secondary N) is 1. The van der Waals surface area contributed by atoms with E-state index in [1.54, 1.807) is 0 Å². The highest BCUT2D eigenvalue weighted by Crippen LogP contribution is 2.23. The van der Waals surface area contributed by atoms with Crippen molar-refractivity contribution in [1.82, 2.24) is 8.75 Å². The molecule has 4 rings (SSSR count). The molecule has 0 unspecified atom stereocenters. The zero-order valence-corrected chi connectivity index (χ0v) is 13.8. The number of para-hydroxylation sites is 1. The van der Waals surface area contributed by atoms with Crippen LogP contribution in [0.2, 0.25) is 0 Å². The van der Waals surface area contributed by atoms with Gasteiger partial charge < -0.3 is 15.0 Å². The van der Waals surface area contributed by atoms with Crippen LogP contribution in [0.1, 0.15) is 10.4 Å². The van der Waals surface area contributed by atoms with Crippen LogP contribution in [0, 0.1) is 0 Å². The number of carbonyl (C=O) groups is 1. The molecule has 1 aliphatic heterocycles. The lowest BCUT2D eigenvalue weighted by Gasteiger charge is -2.30. The zero-order chi connectivity index (χ0) is 16.4. The number of morpholine rings is 1. The number of carbonyl (C=O) groups excluding carboxylic acids is 1. The molecule has 2 aromatic carbocycles. The van der Waals surface area contributed by atoms with Crippen molar-refractivity contribution < 1.29 is 9.53 Å². The van der Waals surface area contributed by atoms with Gasteiger partial charge in [0, 0.05) is 24.5 Å². The summed E-state index contributed by atoms with van der Waals surface area (Å²) in [5.41, 5.74) is 3.95. The van der Waals surface area contributed by atoms with Crippen molar-refractivity contribution in [3.63, 3.8) is 0 Å². The smallest absolute Gasteiger partial charge is 0.257 e. The van der Waals surface area contributed by atoms with Crippen LogP contribution < -0.4 is 10.2 Å². The summed E-state index contributed by atoms with van der Waals surface area (Å²) < 4.78 is 13.8. The van der Waals surface area contributed by atoms with Crippen LogP contribution in [0.4, 0.5) is 11.4 Å². The third-order valence-electron chi connectivity index (χ3n) is 4.01. The topological polar surface area (TPSA) is 67.4 Å². The van der Waals surface area contributed by atoms with Crippen LogP contribution in [0.3, 0.4) is 0 Å². The predicted octanol–water partition coefficient (Wildman–Crippen LogP) is 2.78. The van der Waals surface area contributed by atoms with E-state index in [1.807, 2.05) is 42.5 Å². The second-order valence-corrected chi connectivity index (χ2v) is 6.07. The summed E-state index contributed by atoms with van der Waals surface area (Å²) in [6.07, 6.45) is 0. The van der Waals surface area contributed by atoms with E-state index in [4.69, 9.17) is 4.74 Å². The third-order valence-corrected chi connectivity index (χ3v) is 4.57. The van der Waals surface area contributed by atoms with Crippen LogP contribution in [-0.2, 0) is 4.74 Å². The van der Waals surface area contributed by atoms with Crippen molar-refractivity contribution in [2.45, 2.75) is 0 Å². The van der Waals surface area contributed by atoms with Crippen LogP contribution in [0.25, 0.3) is 11.0 Å². The third kappa shape index (κ3) is 2.95. The van der Waals surface area contributed by atoms with Gasteiger partial charge in [-0.25, -0.2) is 0 Å². The van der Waals surface area contributed by atoms with E-state index < -0.39 is 0 Å². The molecule has 122 valence electrons. The van der Waals surface area contributed by atoms with Gasteiger partial charge >= 0.3 is 0 Å². The molecule has 0 atom stereocenters. The average Bonchev–Trinajstić information content (AvgIpc) is 3.10. The maximum atomic E-state index is 12.7. The number of hydrogen-bond donors (Lipinski definition) is 1. The Morgan fingerprint density at radius 2 is 1.88 bits per heavy atom. The molecule has 1 aliphatic rings. The molecular weight excluding hydrogens is 324 g/mol.